The quantitative estimate of drug-likeness (QED) is 0.862. The Hall–Kier alpha value is -1.30. The summed E-state index contributed by atoms with van der Waals surface area (Å²) in [6, 6.07) is 1.55. The van der Waals surface area contributed by atoms with Crippen molar-refractivity contribution >= 4 is 17.4 Å². The Bertz CT molecular complexity index is 446. The number of rotatable bonds is 3. The van der Waals surface area contributed by atoms with Gasteiger partial charge in [-0.2, -0.15) is 5.10 Å². The van der Waals surface area contributed by atoms with Gasteiger partial charge in [0.2, 0.25) is 0 Å². The molecule has 2 rings (SSSR count). The van der Waals surface area contributed by atoms with Crippen molar-refractivity contribution in [2.45, 2.75) is 25.8 Å². The molecule has 1 saturated carbocycles. The number of aromatic nitrogens is 2. The van der Waals surface area contributed by atoms with Gasteiger partial charge >= 0.3 is 0 Å². The summed E-state index contributed by atoms with van der Waals surface area (Å²) in [6.07, 6.45) is 4.07. The van der Waals surface area contributed by atoms with Crippen LogP contribution in [0, 0.1) is 11.8 Å². The zero-order chi connectivity index (χ0) is 13.3. The smallest absolute Gasteiger partial charge is 0.153 e. The minimum absolute atomic E-state index is 0.00716. The van der Waals surface area contributed by atoms with Crippen molar-refractivity contribution in [1.82, 2.24) is 15.1 Å². The molecule has 0 aliphatic heterocycles. The molecule has 7 heteroatoms. The van der Waals surface area contributed by atoms with Crippen LogP contribution in [0.15, 0.2) is 18.3 Å². The first-order valence-corrected chi connectivity index (χ1v) is 6.16. The molecule has 0 aromatic carbocycles. The molecule has 4 nitrogen and oxygen atoms in total. The Morgan fingerprint density at radius 2 is 2.28 bits per heavy atom. The van der Waals surface area contributed by atoms with Gasteiger partial charge in [-0.05, 0) is 24.1 Å². The second-order valence-electron chi connectivity index (χ2n) is 4.65. The van der Waals surface area contributed by atoms with Gasteiger partial charge in [0.05, 0.1) is 12.2 Å². The minimum Gasteiger partial charge on any atom is -0.384 e. The Morgan fingerprint density at radius 3 is 2.83 bits per heavy atom. The number of nitrogens with two attached hydrogens (primary N) is 1. The molecule has 1 aromatic heterocycles. The van der Waals surface area contributed by atoms with Gasteiger partial charge in [-0.3, -0.25) is 0 Å². The predicted octanol–water partition coefficient (Wildman–Crippen LogP) is 3.29. The van der Waals surface area contributed by atoms with Gasteiger partial charge in [0.1, 0.15) is 5.82 Å². The Labute approximate surface area is 109 Å². The van der Waals surface area contributed by atoms with E-state index in [1.165, 1.54) is 6.08 Å². The number of allylic oxidation sites excluding steroid dienone is 1. The minimum atomic E-state index is -0.945. The molecule has 1 aliphatic carbocycles. The number of nitrogens with zero attached hydrogens (tertiary/aromatic N) is 3. The van der Waals surface area contributed by atoms with Crippen molar-refractivity contribution in [3.63, 3.8) is 0 Å². The number of hydrogen-bond donors (Lipinski definition) is 1. The summed E-state index contributed by atoms with van der Waals surface area (Å²) in [5.74, 6) is 0.785. The number of halogens is 3. The van der Waals surface area contributed by atoms with E-state index >= 15 is 0 Å². The fourth-order valence-corrected chi connectivity index (χ4v) is 2.84. The van der Waals surface area contributed by atoms with Crippen LogP contribution in [0.4, 0.5) is 14.8 Å². The summed E-state index contributed by atoms with van der Waals surface area (Å²) < 4.78 is 25.8. The molecule has 0 radical (unpaired) electrons. The first-order valence-electron chi connectivity index (χ1n) is 5.78. The van der Waals surface area contributed by atoms with E-state index in [-0.39, 0.29) is 12.0 Å². The zero-order valence-corrected chi connectivity index (χ0v) is 10.7. The lowest BCUT2D eigenvalue weighted by molar-refractivity contribution is -0.102. The summed E-state index contributed by atoms with van der Waals surface area (Å²) in [4.78, 5) is 0. The van der Waals surface area contributed by atoms with Crippen LogP contribution >= 0.6 is 11.6 Å². The lowest BCUT2D eigenvalue weighted by Gasteiger charge is -2.22. The van der Waals surface area contributed by atoms with Gasteiger partial charge in [0.25, 0.3) is 0 Å². The van der Waals surface area contributed by atoms with Crippen LogP contribution < -0.4 is 5.73 Å². The van der Waals surface area contributed by atoms with Gasteiger partial charge in [0.15, 0.2) is 5.15 Å². The lowest BCUT2D eigenvalue weighted by atomic mass is 9.99. The van der Waals surface area contributed by atoms with Crippen molar-refractivity contribution in [1.29, 1.82) is 0 Å². The lowest BCUT2D eigenvalue weighted by Crippen LogP contribution is -2.20. The van der Waals surface area contributed by atoms with E-state index in [0.29, 0.717) is 16.9 Å². The fraction of sp³-hybridized carbons (Fsp3) is 0.545. The highest BCUT2D eigenvalue weighted by Gasteiger charge is 2.35. The van der Waals surface area contributed by atoms with E-state index in [0.717, 1.165) is 19.0 Å². The molecule has 0 saturated heterocycles. The molecule has 0 spiro atoms. The Morgan fingerprint density at radius 1 is 1.56 bits per heavy atom. The molecule has 1 aromatic rings. The molecular formula is C11H15ClF2N4. The van der Waals surface area contributed by atoms with Gasteiger partial charge in [-0.25, -0.2) is 4.68 Å². The molecule has 3 atom stereocenters. The highest BCUT2D eigenvalue weighted by Crippen LogP contribution is 2.42. The number of anilines is 1. The largest absolute Gasteiger partial charge is 0.384 e. The van der Waals surface area contributed by atoms with Gasteiger partial charge in [0, 0.05) is 12.0 Å². The highest BCUT2D eigenvalue weighted by molar-refractivity contribution is 6.29. The monoisotopic (exact) mass is 276 g/mol. The van der Waals surface area contributed by atoms with E-state index < -0.39 is 5.34 Å². The second-order valence-corrected chi connectivity index (χ2v) is 5.03. The molecule has 2 N–H and O–H groups in total. The van der Waals surface area contributed by atoms with E-state index in [1.807, 2.05) is 0 Å². The summed E-state index contributed by atoms with van der Waals surface area (Å²) in [6.45, 7) is 2.07. The Balaban J connectivity index is 2.25. The van der Waals surface area contributed by atoms with E-state index in [9.17, 15) is 8.96 Å². The van der Waals surface area contributed by atoms with Gasteiger partial charge in [-0.1, -0.05) is 33.6 Å². The van der Waals surface area contributed by atoms with E-state index in [2.05, 4.69) is 12.0 Å². The molecule has 3 unspecified atom stereocenters. The molecule has 18 heavy (non-hydrogen) atoms. The number of nitrogen functional groups attached to an aromatic ring is 1. The molecule has 100 valence electrons. The summed E-state index contributed by atoms with van der Waals surface area (Å²) in [5.41, 5.74) is 5.83. The second kappa shape index (κ2) is 5.14. The third-order valence-corrected chi connectivity index (χ3v) is 3.62. The van der Waals surface area contributed by atoms with Crippen LogP contribution in [-0.2, 0) is 0 Å². The fourth-order valence-electron chi connectivity index (χ4n) is 2.64. The predicted molar refractivity (Wildman–Crippen MR) is 65.8 cm³/mol. The summed E-state index contributed by atoms with van der Waals surface area (Å²) in [5, 5.41) is 3.52. The first kappa shape index (κ1) is 13.1. The molecule has 0 bridgehead atoms. The van der Waals surface area contributed by atoms with Crippen molar-refractivity contribution in [2.75, 3.05) is 5.73 Å². The molecule has 1 heterocycles. The molecular weight excluding hydrogens is 262 g/mol. The SMILES string of the molecule is CC1CCC(/C=C\N(F)F)C1n1nc(Cl)cc1N. The van der Waals surface area contributed by atoms with E-state index in [4.69, 9.17) is 17.3 Å². The average molecular weight is 277 g/mol. The number of hydrogen-bond acceptors (Lipinski definition) is 3. The molecule has 0 amide bonds. The average Bonchev–Trinajstić information content (AvgIpc) is 2.79. The third kappa shape index (κ3) is 2.58. The standard InChI is InChI=1S/C11H15ClF2N4/c1-7-2-3-8(4-5-17(13)14)11(7)18-10(15)6-9(12)16-18/h4-8,11H,2-3,15H2,1H3/b5-4-. The van der Waals surface area contributed by atoms with Crippen LogP contribution in [0.1, 0.15) is 25.8 Å². The van der Waals surface area contributed by atoms with Crippen LogP contribution in [-0.4, -0.2) is 15.1 Å². The van der Waals surface area contributed by atoms with Gasteiger partial charge in [-0.15, -0.1) is 0 Å². The molecule has 1 fully saturated rings. The van der Waals surface area contributed by atoms with Crippen LogP contribution in [0.3, 0.4) is 0 Å². The maximum absolute atomic E-state index is 12.1. The van der Waals surface area contributed by atoms with Crippen molar-refractivity contribution in [2.24, 2.45) is 11.8 Å². The molecule has 1 aliphatic rings. The van der Waals surface area contributed by atoms with Crippen molar-refractivity contribution < 1.29 is 8.96 Å². The normalized spacial score (nSPS) is 28.1. The highest BCUT2D eigenvalue weighted by atomic mass is 35.5. The summed E-state index contributed by atoms with van der Waals surface area (Å²) in [7, 11) is 0. The van der Waals surface area contributed by atoms with Crippen molar-refractivity contribution in [3.8, 4) is 0 Å². The first-order chi connectivity index (χ1) is 8.49. The van der Waals surface area contributed by atoms with Crippen LogP contribution in [0.5, 0.6) is 0 Å². The Kier molecular flexibility index (Phi) is 3.75. The van der Waals surface area contributed by atoms with Crippen molar-refractivity contribution in [3.05, 3.63) is 23.5 Å². The van der Waals surface area contributed by atoms with Gasteiger partial charge < -0.3 is 5.73 Å². The third-order valence-electron chi connectivity index (χ3n) is 3.44. The van der Waals surface area contributed by atoms with E-state index in [1.54, 1.807) is 10.7 Å². The van der Waals surface area contributed by atoms with Crippen LogP contribution in [0.25, 0.3) is 0 Å². The van der Waals surface area contributed by atoms with Crippen LogP contribution in [0.2, 0.25) is 5.15 Å². The maximum Gasteiger partial charge on any atom is 0.153 e. The summed E-state index contributed by atoms with van der Waals surface area (Å²) >= 11 is 5.81. The zero-order valence-electron chi connectivity index (χ0n) is 9.93. The maximum atomic E-state index is 12.1. The topological polar surface area (TPSA) is 47.1 Å².